The molecule has 2 saturated heterocycles. The van der Waals surface area contributed by atoms with Crippen molar-refractivity contribution in [3.63, 3.8) is 0 Å². The molecule has 2 aromatic rings. The Hall–Kier alpha value is -3.91. The van der Waals surface area contributed by atoms with Crippen molar-refractivity contribution >= 4 is 29.0 Å². The minimum Gasteiger partial charge on any atom is -0.507 e. The number of aliphatic hydroxyl groups excluding tert-OH is 1. The lowest BCUT2D eigenvalue weighted by atomic mass is 9.81. The molecule has 2 fully saturated rings. The van der Waals surface area contributed by atoms with Gasteiger partial charge < -0.3 is 24.4 Å². The van der Waals surface area contributed by atoms with Crippen LogP contribution in [0.3, 0.4) is 0 Å². The van der Waals surface area contributed by atoms with Crippen molar-refractivity contribution in [1.82, 2.24) is 4.90 Å². The van der Waals surface area contributed by atoms with Crippen LogP contribution in [-0.2, 0) is 24.7 Å². The number of carbonyl (C=O) groups is 3. The number of likely N-dealkylation sites (tertiary alicyclic amines) is 1. The van der Waals surface area contributed by atoms with Crippen LogP contribution in [0.15, 0.2) is 60.7 Å². The largest absolute Gasteiger partial charge is 0.507 e. The predicted octanol–water partition coefficient (Wildman–Crippen LogP) is 4.07. The molecule has 3 aliphatic heterocycles. The Kier molecular flexibility index (Phi) is 6.84. The number of ketones is 1. The molecular formula is C30H32N2O6. The van der Waals surface area contributed by atoms with Gasteiger partial charge in [-0.2, -0.15) is 0 Å². The molecule has 38 heavy (non-hydrogen) atoms. The Balaban J connectivity index is 1.73. The van der Waals surface area contributed by atoms with E-state index in [1.54, 1.807) is 41.3 Å². The van der Waals surface area contributed by atoms with Crippen molar-refractivity contribution in [2.45, 2.75) is 44.8 Å². The summed E-state index contributed by atoms with van der Waals surface area (Å²) in [5.74, 6) is -1.90. The molecule has 0 bridgehead atoms. The van der Waals surface area contributed by atoms with Gasteiger partial charge in [0, 0.05) is 30.8 Å². The van der Waals surface area contributed by atoms with E-state index in [4.69, 9.17) is 9.47 Å². The van der Waals surface area contributed by atoms with E-state index >= 15 is 0 Å². The molecule has 198 valence electrons. The second-order valence-corrected chi connectivity index (χ2v) is 9.87. The van der Waals surface area contributed by atoms with Crippen LogP contribution in [0, 0.1) is 6.92 Å². The maximum Gasteiger partial charge on any atom is 0.296 e. The summed E-state index contributed by atoms with van der Waals surface area (Å²) in [6.45, 7) is 8.81. The third kappa shape index (κ3) is 3.82. The van der Waals surface area contributed by atoms with Gasteiger partial charge >= 0.3 is 0 Å². The summed E-state index contributed by atoms with van der Waals surface area (Å²) in [5, 5.41) is 11.7. The van der Waals surface area contributed by atoms with E-state index < -0.39 is 28.9 Å². The number of ether oxygens (including phenoxy) is 2. The van der Waals surface area contributed by atoms with Gasteiger partial charge in [0.2, 0.25) is 0 Å². The number of amides is 2. The SMILES string of the molecule is C=CCOc1ccc(C(O)=C2C(=O)C(=O)N(CC3CCCO3)C23C(=O)N(CCC)c2ccccc23)cc1C. The van der Waals surface area contributed by atoms with Crippen LogP contribution in [0.25, 0.3) is 5.76 Å². The van der Waals surface area contributed by atoms with Crippen LogP contribution in [-0.4, -0.2) is 60.0 Å². The van der Waals surface area contributed by atoms with Crippen LogP contribution >= 0.6 is 0 Å². The molecule has 0 aromatic heterocycles. The molecule has 8 heteroatoms. The quantitative estimate of drug-likeness (QED) is 0.246. The number of aryl methyl sites for hydroxylation is 1. The fourth-order valence-corrected chi connectivity index (χ4v) is 5.81. The summed E-state index contributed by atoms with van der Waals surface area (Å²) < 4.78 is 11.5. The summed E-state index contributed by atoms with van der Waals surface area (Å²) in [4.78, 5) is 44.7. The van der Waals surface area contributed by atoms with Gasteiger partial charge in [0.15, 0.2) is 5.54 Å². The predicted molar refractivity (Wildman–Crippen MR) is 143 cm³/mol. The number of hydrogen-bond donors (Lipinski definition) is 1. The summed E-state index contributed by atoms with van der Waals surface area (Å²) >= 11 is 0. The minimum atomic E-state index is -1.78. The van der Waals surface area contributed by atoms with Crippen LogP contribution in [0.4, 0.5) is 5.69 Å². The zero-order chi connectivity index (χ0) is 27.0. The van der Waals surface area contributed by atoms with E-state index in [1.165, 1.54) is 4.90 Å². The number of hydrogen-bond acceptors (Lipinski definition) is 6. The van der Waals surface area contributed by atoms with Gasteiger partial charge in [0.05, 0.1) is 17.4 Å². The van der Waals surface area contributed by atoms with E-state index in [0.29, 0.717) is 48.7 Å². The first-order valence-corrected chi connectivity index (χ1v) is 13.0. The molecule has 2 unspecified atom stereocenters. The lowest BCUT2D eigenvalue weighted by molar-refractivity contribution is -0.145. The van der Waals surface area contributed by atoms with Gasteiger partial charge in [0.25, 0.3) is 17.6 Å². The molecule has 3 aliphatic rings. The monoisotopic (exact) mass is 516 g/mol. The summed E-state index contributed by atoms with van der Waals surface area (Å²) in [5.41, 5.74) is 0.206. The molecule has 8 nitrogen and oxygen atoms in total. The van der Waals surface area contributed by atoms with Gasteiger partial charge in [-0.25, -0.2) is 0 Å². The number of Topliss-reactive ketones (excluding diaryl/α,β-unsaturated/α-hetero) is 1. The number of carbonyl (C=O) groups excluding carboxylic acids is 3. The summed E-state index contributed by atoms with van der Waals surface area (Å²) in [6.07, 6.45) is 3.58. The Morgan fingerprint density at radius 2 is 2.03 bits per heavy atom. The third-order valence-corrected chi connectivity index (χ3v) is 7.47. The third-order valence-electron chi connectivity index (χ3n) is 7.47. The highest BCUT2D eigenvalue weighted by molar-refractivity contribution is 6.50. The Morgan fingerprint density at radius 3 is 2.71 bits per heavy atom. The van der Waals surface area contributed by atoms with Crippen molar-refractivity contribution in [2.24, 2.45) is 0 Å². The van der Waals surface area contributed by atoms with E-state index in [9.17, 15) is 19.5 Å². The highest BCUT2D eigenvalue weighted by Crippen LogP contribution is 2.54. The molecule has 0 aliphatic carbocycles. The second-order valence-electron chi connectivity index (χ2n) is 9.87. The zero-order valence-corrected chi connectivity index (χ0v) is 21.7. The summed E-state index contributed by atoms with van der Waals surface area (Å²) in [6, 6.07) is 12.2. The van der Waals surface area contributed by atoms with E-state index in [-0.39, 0.29) is 18.2 Å². The number of anilines is 1. The fraction of sp³-hybridized carbons (Fsp3) is 0.367. The molecule has 2 aromatic carbocycles. The Bertz CT molecular complexity index is 1340. The smallest absolute Gasteiger partial charge is 0.296 e. The number of nitrogens with zero attached hydrogens (tertiary/aromatic N) is 2. The summed E-state index contributed by atoms with van der Waals surface area (Å²) in [7, 11) is 0. The fourth-order valence-electron chi connectivity index (χ4n) is 5.81. The first kappa shape index (κ1) is 25.7. The van der Waals surface area contributed by atoms with E-state index in [2.05, 4.69) is 6.58 Å². The van der Waals surface area contributed by atoms with Crippen LogP contribution in [0.5, 0.6) is 5.75 Å². The van der Waals surface area contributed by atoms with Gasteiger partial charge in [-0.05, 0) is 56.0 Å². The number of aliphatic hydroxyl groups is 1. The molecule has 0 radical (unpaired) electrons. The highest BCUT2D eigenvalue weighted by Gasteiger charge is 2.67. The highest BCUT2D eigenvalue weighted by atomic mass is 16.5. The van der Waals surface area contributed by atoms with Crippen LogP contribution in [0.2, 0.25) is 0 Å². The molecular weight excluding hydrogens is 484 g/mol. The van der Waals surface area contributed by atoms with Crippen molar-refractivity contribution in [2.75, 3.05) is 31.2 Å². The molecule has 1 spiro atoms. The maximum atomic E-state index is 14.4. The first-order chi connectivity index (χ1) is 18.4. The van der Waals surface area contributed by atoms with Crippen LogP contribution in [0.1, 0.15) is 42.9 Å². The molecule has 0 saturated carbocycles. The first-order valence-electron chi connectivity index (χ1n) is 13.0. The molecule has 5 rings (SSSR count). The van der Waals surface area contributed by atoms with Gasteiger partial charge in [-0.1, -0.05) is 37.8 Å². The van der Waals surface area contributed by atoms with E-state index in [0.717, 1.165) is 18.4 Å². The lowest BCUT2D eigenvalue weighted by Crippen LogP contribution is -2.53. The average molecular weight is 517 g/mol. The Labute approximate surface area is 222 Å². The topological polar surface area (TPSA) is 96.4 Å². The standard InChI is InChI=1S/C30H32N2O6/c1-4-14-31-23-11-7-6-10-22(23)30(29(31)36)25(27(34)28(35)32(30)18-21-9-8-16-37-21)26(33)20-12-13-24(19(3)17-20)38-15-5-2/h5-7,10-13,17,21,33H,2,4,8-9,14-16,18H2,1,3H3. The molecule has 1 N–H and O–H groups in total. The molecule has 2 amide bonds. The number of benzene rings is 2. The van der Waals surface area contributed by atoms with Crippen molar-refractivity contribution < 1.29 is 29.0 Å². The minimum absolute atomic E-state index is 0.0781. The van der Waals surface area contributed by atoms with Gasteiger partial charge in [-0.15, -0.1) is 0 Å². The maximum absolute atomic E-state index is 14.4. The van der Waals surface area contributed by atoms with Crippen molar-refractivity contribution in [3.05, 3.63) is 77.4 Å². The Morgan fingerprint density at radius 1 is 1.24 bits per heavy atom. The number of para-hydroxylation sites is 1. The lowest BCUT2D eigenvalue weighted by Gasteiger charge is -2.35. The second kappa shape index (κ2) is 10.1. The number of fused-ring (bicyclic) bond motifs is 2. The molecule has 3 heterocycles. The normalized spacial score (nSPS) is 23.9. The van der Waals surface area contributed by atoms with Gasteiger partial charge in [0.1, 0.15) is 18.1 Å². The van der Waals surface area contributed by atoms with Crippen molar-refractivity contribution in [3.8, 4) is 5.75 Å². The van der Waals surface area contributed by atoms with E-state index in [1.807, 2.05) is 26.0 Å². The molecule has 2 atom stereocenters. The zero-order valence-electron chi connectivity index (χ0n) is 21.7. The van der Waals surface area contributed by atoms with Gasteiger partial charge in [-0.3, -0.25) is 14.4 Å². The number of rotatable bonds is 8. The van der Waals surface area contributed by atoms with Crippen LogP contribution < -0.4 is 9.64 Å². The average Bonchev–Trinajstić information content (AvgIpc) is 3.58. The van der Waals surface area contributed by atoms with Crippen molar-refractivity contribution in [1.29, 1.82) is 0 Å².